The molecule has 0 spiro atoms. The van der Waals surface area contributed by atoms with Gasteiger partial charge < -0.3 is 10.7 Å². The Bertz CT molecular complexity index is 995. The number of pyridine rings is 2. The van der Waals surface area contributed by atoms with E-state index in [1.807, 2.05) is 48.7 Å². The van der Waals surface area contributed by atoms with Crippen molar-refractivity contribution in [3.63, 3.8) is 0 Å². The highest BCUT2D eigenvalue weighted by Gasteiger charge is 2.13. The second-order valence-electron chi connectivity index (χ2n) is 5.89. The molecule has 6 heteroatoms. The summed E-state index contributed by atoms with van der Waals surface area (Å²) in [5.41, 5.74) is 11.0. The fraction of sp³-hybridized carbons (Fsp3) is 0.105. The van der Waals surface area contributed by atoms with Crippen LogP contribution in [0.2, 0.25) is 5.02 Å². The molecule has 124 valence electrons. The second-order valence-corrected chi connectivity index (χ2v) is 6.32. The van der Waals surface area contributed by atoms with Crippen LogP contribution in [0.25, 0.3) is 22.3 Å². The van der Waals surface area contributed by atoms with Gasteiger partial charge in [0.25, 0.3) is 0 Å². The van der Waals surface area contributed by atoms with Crippen molar-refractivity contribution in [2.24, 2.45) is 5.73 Å². The molecule has 0 bridgehead atoms. The minimum atomic E-state index is -0.236. The van der Waals surface area contributed by atoms with Gasteiger partial charge in [-0.3, -0.25) is 4.98 Å². The Kier molecular flexibility index (Phi) is 4.17. The number of rotatable bonds is 4. The van der Waals surface area contributed by atoms with Crippen molar-refractivity contribution in [2.75, 3.05) is 0 Å². The number of halogens is 1. The molecule has 0 saturated heterocycles. The van der Waals surface area contributed by atoms with Gasteiger partial charge in [-0.2, -0.15) is 0 Å². The minimum absolute atomic E-state index is 0.236. The van der Waals surface area contributed by atoms with E-state index in [4.69, 9.17) is 17.3 Å². The van der Waals surface area contributed by atoms with E-state index in [0.29, 0.717) is 11.4 Å². The zero-order valence-corrected chi connectivity index (χ0v) is 14.1. The molecule has 0 fully saturated rings. The number of hydrogen-bond acceptors (Lipinski definition) is 4. The number of aromatic nitrogens is 4. The van der Waals surface area contributed by atoms with Crippen LogP contribution in [0.15, 0.2) is 61.1 Å². The lowest BCUT2D eigenvalue weighted by Gasteiger charge is -2.08. The SMILES string of the molecule is NC(Cc1ccc(Cl)cc1)c1nc2cc(-c3ccncc3)cnc2[nH]1. The normalized spacial score (nSPS) is 12.4. The number of H-pyrrole nitrogens is 1. The zero-order valence-electron chi connectivity index (χ0n) is 13.4. The predicted molar refractivity (Wildman–Crippen MR) is 99.2 cm³/mol. The molecule has 0 saturated carbocycles. The van der Waals surface area contributed by atoms with Crippen LogP contribution in [0.4, 0.5) is 0 Å². The summed E-state index contributed by atoms with van der Waals surface area (Å²) >= 11 is 5.92. The number of nitrogens with zero attached hydrogens (tertiary/aromatic N) is 3. The smallest absolute Gasteiger partial charge is 0.157 e. The summed E-state index contributed by atoms with van der Waals surface area (Å²) in [4.78, 5) is 16.4. The fourth-order valence-electron chi connectivity index (χ4n) is 2.76. The lowest BCUT2D eigenvalue weighted by molar-refractivity contribution is 0.680. The van der Waals surface area contributed by atoms with E-state index in [1.165, 1.54) is 0 Å². The quantitative estimate of drug-likeness (QED) is 0.585. The summed E-state index contributed by atoms with van der Waals surface area (Å²) in [5.74, 6) is 0.726. The summed E-state index contributed by atoms with van der Waals surface area (Å²) in [6.07, 6.45) is 6.02. The van der Waals surface area contributed by atoms with E-state index in [1.54, 1.807) is 12.4 Å². The highest BCUT2D eigenvalue weighted by molar-refractivity contribution is 6.30. The van der Waals surface area contributed by atoms with Crippen LogP contribution in [0.1, 0.15) is 17.4 Å². The Hall–Kier alpha value is -2.76. The highest BCUT2D eigenvalue weighted by atomic mass is 35.5. The Morgan fingerprint density at radius 3 is 2.56 bits per heavy atom. The summed E-state index contributed by atoms with van der Waals surface area (Å²) in [6.45, 7) is 0. The van der Waals surface area contributed by atoms with Crippen molar-refractivity contribution in [1.82, 2.24) is 19.9 Å². The van der Waals surface area contributed by atoms with Crippen LogP contribution < -0.4 is 5.73 Å². The molecular weight excluding hydrogens is 334 g/mol. The molecule has 3 heterocycles. The lowest BCUT2D eigenvalue weighted by atomic mass is 10.1. The molecule has 0 aliphatic rings. The van der Waals surface area contributed by atoms with Crippen molar-refractivity contribution in [3.05, 3.63) is 77.5 Å². The highest BCUT2D eigenvalue weighted by Crippen LogP contribution is 2.23. The second kappa shape index (κ2) is 6.63. The summed E-state index contributed by atoms with van der Waals surface area (Å²) in [6, 6.07) is 13.3. The summed E-state index contributed by atoms with van der Waals surface area (Å²) in [5, 5.41) is 0.717. The van der Waals surface area contributed by atoms with Crippen LogP contribution in [-0.4, -0.2) is 19.9 Å². The molecule has 1 aromatic carbocycles. The van der Waals surface area contributed by atoms with Crippen molar-refractivity contribution < 1.29 is 0 Å². The van der Waals surface area contributed by atoms with Gasteiger partial charge in [-0.1, -0.05) is 23.7 Å². The summed E-state index contributed by atoms with van der Waals surface area (Å²) in [7, 11) is 0. The monoisotopic (exact) mass is 349 g/mol. The largest absolute Gasteiger partial charge is 0.325 e. The molecular formula is C19H16ClN5. The first-order chi connectivity index (χ1) is 12.2. The van der Waals surface area contributed by atoms with Crippen LogP contribution >= 0.6 is 11.6 Å². The average Bonchev–Trinajstić information content (AvgIpc) is 3.08. The number of hydrogen-bond donors (Lipinski definition) is 2. The van der Waals surface area contributed by atoms with E-state index >= 15 is 0 Å². The first-order valence-corrected chi connectivity index (χ1v) is 8.33. The predicted octanol–water partition coefficient (Wildman–Crippen LogP) is 3.92. The minimum Gasteiger partial charge on any atom is -0.325 e. The van der Waals surface area contributed by atoms with E-state index in [-0.39, 0.29) is 6.04 Å². The molecule has 0 radical (unpaired) electrons. The van der Waals surface area contributed by atoms with Gasteiger partial charge in [-0.25, -0.2) is 9.97 Å². The maximum atomic E-state index is 6.32. The third kappa shape index (κ3) is 3.38. The maximum absolute atomic E-state index is 6.32. The van der Waals surface area contributed by atoms with Gasteiger partial charge in [0.1, 0.15) is 11.3 Å². The number of imidazole rings is 1. The number of nitrogens with one attached hydrogen (secondary N) is 1. The van der Waals surface area contributed by atoms with Crippen LogP contribution in [0.5, 0.6) is 0 Å². The summed E-state index contributed by atoms with van der Waals surface area (Å²) < 4.78 is 0. The Balaban J connectivity index is 1.61. The van der Waals surface area contributed by atoms with E-state index in [2.05, 4.69) is 19.9 Å². The first kappa shape index (κ1) is 15.7. The molecule has 0 aliphatic carbocycles. The van der Waals surface area contributed by atoms with Crippen molar-refractivity contribution in [1.29, 1.82) is 0 Å². The van der Waals surface area contributed by atoms with E-state index < -0.39 is 0 Å². The van der Waals surface area contributed by atoms with Crippen molar-refractivity contribution in [2.45, 2.75) is 12.5 Å². The zero-order chi connectivity index (χ0) is 17.2. The Morgan fingerprint density at radius 1 is 1.04 bits per heavy atom. The third-order valence-electron chi connectivity index (χ3n) is 4.09. The fourth-order valence-corrected chi connectivity index (χ4v) is 2.89. The van der Waals surface area contributed by atoms with E-state index in [0.717, 1.165) is 33.7 Å². The topological polar surface area (TPSA) is 80.5 Å². The van der Waals surface area contributed by atoms with Gasteiger partial charge in [-0.05, 0) is 47.9 Å². The number of fused-ring (bicyclic) bond motifs is 1. The molecule has 1 unspecified atom stereocenters. The number of benzene rings is 1. The maximum Gasteiger partial charge on any atom is 0.157 e. The lowest BCUT2D eigenvalue weighted by Crippen LogP contribution is -2.14. The standard InChI is InChI=1S/C19H16ClN5/c20-15-3-1-12(2-4-15)9-16(21)18-24-17-10-14(11-23-19(17)25-18)13-5-7-22-8-6-13/h1-8,10-11,16H,9,21H2,(H,23,24,25). The number of nitrogens with two attached hydrogens (primary N) is 1. The molecule has 1 atom stereocenters. The van der Waals surface area contributed by atoms with Crippen LogP contribution in [0.3, 0.4) is 0 Å². The molecule has 3 N–H and O–H groups in total. The van der Waals surface area contributed by atoms with Gasteiger partial charge in [0.05, 0.1) is 6.04 Å². The van der Waals surface area contributed by atoms with Crippen molar-refractivity contribution in [3.8, 4) is 11.1 Å². The Morgan fingerprint density at radius 2 is 1.80 bits per heavy atom. The van der Waals surface area contributed by atoms with Gasteiger partial charge in [0.2, 0.25) is 0 Å². The molecule has 4 aromatic rings. The molecule has 4 rings (SSSR count). The average molecular weight is 350 g/mol. The van der Waals surface area contributed by atoms with E-state index in [9.17, 15) is 0 Å². The molecule has 3 aromatic heterocycles. The van der Waals surface area contributed by atoms with Crippen molar-refractivity contribution >= 4 is 22.8 Å². The van der Waals surface area contributed by atoms with Gasteiger partial charge in [0, 0.05) is 29.2 Å². The van der Waals surface area contributed by atoms with Crippen LogP contribution in [0, 0.1) is 0 Å². The van der Waals surface area contributed by atoms with Gasteiger partial charge >= 0.3 is 0 Å². The molecule has 25 heavy (non-hydrogen) atoms. The molecule has 0 aliphatic heterocycles. The van der Waals surface area contributed by atoms with Gasteiger partial charge in [-0.15, -0.1) is 0 Å². The molecule has 0 amide bonds. The Labute approximate surface area is 149 Å². The number of aromatic amines is 1. The third-order valence-corrected chi connectivity index (χ3v) is 4.34. The van der Waals surface area contributed by atoms with Gasteiger partial charge in [0.15, 0.2) is 5.65 Å². The molecule has 5 nitrogen and oxygen atoms in total. The van der Waals surface area contributed by atoms with Crippen LogP contribution in [-0.2, 0) is 6.42 Å². The first-order valence-electron chi connectivity index (χ1n) is 7.95.